The molecular weight excluding hydrogens is 725 g/mol. The normalized spacial score (nSPS) is 13.8. The third kappa shape index (κ3) is 39.3. The molecule has 0 saturated heterocycles. The number of quaternary nitrogens is 1. The van der Waals surface area contributed by atoms with Crippen LogP contribution in [-0.4, -0.2) is 76.6 Å². The van der Waals surface area contributed by atoms with E-state index < -0.39 is 13.9 Å². The fourth-order valence-electron chi connectivity index (χ4n) is 6.17. The van der Waals surface area contributed by atoms with Crippen molar-refractivity contribution in [2.24, 2.45) is 0 Å². The van der Waals surface area contributed by atoms with Crippen LogP contribution in [0.4, 0.5) is 0 Å². The number of likely N-dealkylation sites (N-methyl/N-ethyl adjacent to an activating group) is 1. The fraction of sp³-hybridized carbons (Fsp3) is 0.870. The van der Waals surface area contributed by atoms with Crippen molar-refractivity contribution in [2.45, 2.75) is 207 Å². The van der Waals surface area contributed by atoms with E-state index in [4.69, 9.17) is 23.0 Å². The van der Waals surface area contributed by atoms with Crippen LogP contribution < -0.4 is 0 Å². The van der Waals surface area contributed by atoms with Gasteiger partial charge in [-0.25, -0.2) is 4.57 Å². The summed E-state index contributed by atoms with van der Waals surface area (Å²) < 4.78 is 41.7. The maximum absolute atomic E-state index is 13.3. The zero-order valence-corrected chi connectivity index (χ0v) is 38.3. The van der Waals surface area contributed by atoms with Gasteiger partial charge in [0, 0.05) is 12.8 Å². The van der Waals surface area contributed by atoms with Gasteiger partial charge in [0.15, 0.2) is 6.10 Å². The van der Waals surface area contributed by atoms with Crippen molar-refractivity contribution in [3.63, 3.8) is 0 Å². The number of ether oxygens (including phenoxy) is 2. The quantitative estimate of drug-likeness (QED) is 0.0198. The van der Waals surface area contributed by atoms with E-state index in [-0.39, 0.29) is 44.8 Å². The molecule has 9 nitrogen and oxygen atoms in total. The van der Waals surface area contributed by atoms with E-state index in [1.54, 1.807) is 6.92 Å². The highest BCUT2D eigenvalue weighted by atomic mass is 31.2. The van der Waals surface area contributed by atoms with Crippen molar-refractivity contribution in [3.8, 4) is 0 Å². The van der Waals surface area contributed by atoms with Gasteiger partial charge in [-0.2, -0.15) is 0 Å². The Morgan fingerprint density at radius 2 is 0.929 bits per heavy atom. The minimum absolute atomic E-state index is 0.131. The monoisotopic (exact) mass is 815 g/mol. The van der Waals surface area contributed by atoms with Gasteiger partial charge in [-0.3, -0.25) is 23.2 Å². The van der Waals surface area contributed by atoms with Crippen LogP contribution in [0.3, 0.4) is 0 Å². The molecule has 0 rings (SSSR count). The van der Waals surface area contributed by atoms with Crippen LogP contribution in [0.2, 0.25) is 0 Å². The van der Waals surface area contributed by atoms with Gasteiger partial charge in [-0.15, -0.1) is 0 Å². The molecule has 0 amide bonds. The summed E-state index contributed by atoms with van der Waals surface area (Å²) in [5.74, 6) is -0.727. The summed E-state index contributed by atoms with van der Waals surface area (Å²) >= 11 is 0. The number of phosphoric ester groups is 1. The molecule has 0 radical (unpaired) electrons. The first-order chi connectivity index (χ1) is 27.0. The maximum atomic E-state index is 13.3. The molecule has 0 bridgehead atoms. The Kier molecular flexibility index (Phi) is 37.9. The average molecular weight is 815 g/mol. The smallest absolute Gasteiger partial charge is 0.462 e. The van der Waals surface area contributed by atoms with Crippen LogP contribution in [0.25, 0.3) is 0 Å². The summed E-state index contributed by atoms with van der Waals surface area (Å²) in [7, 11) is 2.12. The summed E-state index contributed by atoms with van der Waals surface area (Å²) in [4.78, 5) is 25.4. The van der Waals surface area contributed by atoms with Crippen molar-refractivity contribution in [1.29, 1.82) is 0 Å². The second kappa shape index (κ2) is 39.0. The molecule has 0 spiro atoms. The van der Waals surface area contributed by atoms with Crippen molar-refractivity contribution >= 4 is 19.8 Å². The second-order valence-corrected chi connectivity index (χ2v) is 18.1. The summed E-state index contributed by atoms with van der Waals surface area (Å²) in [5, 5.41) is 0. The van der Waals surface area contributed by atoms with Gasteiger partial charge in [0.05, 0.1) is 34.4 Å². The lowest BCUT2D eigenvalue weighted by molar-refractivity contribution is -0.870. The molecular formula is C46H89NO8P+. The summed E-state index contributed by atoms with van der Waals surface area (Å²) in [5.41, 5.74) is 0. The van der Waals surface area contributed by atoms with E-state index in [0.717, 1.165) is 70.6 Å². The van der Waals surface area contributed by atoms with Gasteiger partial charge < -0.3 is 14.0 Å². The Balaban J connectivity index is 4.57. The van der Waals surface area contributed by atoms with Gasteiger partial charge in [-0.05, 0) is 71.1 Å². The molecule has 0 aliphatic rings. The molecule has 56 heavy (non-hydrogen) atoms. The highest BCUT2D eigenvalue weighted by Crippen LogP contribution is 2.49. The molecule has 0 aliphatic carbocycles. The van der Waals surface area contributed by atoms with Gasteiger partial charge in [-0.1, -0.05) is 141 Å². The molecule has 0 aromatic heterocycles. The van der Waals surface area contributed by atoms with E-state index in [0.29, 0.717) is 17.4 Å². The van der Waals surface area contributed by atoms with E-state index in [9.17, 15) is 14.2 Å². The van der Waals surface area contributed by atoms with Gasteiger partial charge >= 0.3 is 19.8 Å². The number of rotatable bonds is 42. The fourth-order valence-corrected chi connectivity index (χ4v) is 7.36. The largest absolute Gasteiger partial charge is 0.475 e. The molecule has 2 unspecified atom stereocenters. The number of unbranched alkanes of at least 4 members (excludes halogenated alkanes) is 22. The van der Waals surface area contributed by atoms with Crippen molar-refractivity contribution in [1.82, 2.24) is 0 Å². The number of phosphoric acid groups is 1. The minimum atomic E-state index is -3.90. The van der Waals surface area contributed by atoms with E-state index in [1.807, 2.05) is 21.1 Å². The lowest BCUT2D eigenvalue weighted by atomic mass is 10.1. The topological polar surface area (TPSA) is 97.4 Å². The van der Waals surface area contributed by atoms with Crippen molar-refractivity contribution in [2.75, 3.05) is 54.1 Å². The number of hydrogen-bond donors (Lipinski definition) is 0. The van der Waals surface area contributed by atoms with Crippen LogP contribution in [0.1, 0.15) is 201 Å². The summed E-state index contributed by atoms with van der Waals surface area (Å²) in [6.45, 7) is 6.69. The molecule has 330 valence electrons. The van der Waals surface area contributed by atoms with Crippen molar-refractivity contribution < 1.29 is 41.7 Å². The van der Waals surface area contributed by atoms with E-state index >= 15 is 0 Å². The van der Waals surface area contributed by atoms with E-state index in [2.05, 4.69) is 38.2 Å². The number of nitrogens with zero attached hydrogens (tertiary/aromatic N) is 1. The zero-order valence-electron chi connectivity index (χ0n) is 37.4. The number of carbonyl (C=O) groups is 2. The summed E-state index contributed by atoms with van der Waals surface area (Å²) in [6.07, 6.45) is 39.8. The highest BCUT2D eigenvalue weighted by Gasteiger charge is 2.30. The molecule has 0 aromatic rings. The van der Waals surface area contributed by atoms with E-state index in [1.165, 1.54) is 96.3 Å². The SMILES string of the molecule is CCCCCCCC/C=C/CCCCCCCC(=O)OCC(COP(=O)(OCC)OCC[N+](C)(C)C)OC(=O)CCCCCCC/C=C/CCCCCCCC. The lowest BCUT2D eigenvalue weighted by Gasteiger charge is -2.25. The van der Waals surface area contributed by atoms with Gasteiger partial charge in [0.25, 0.3) is 0 Å². The predicted octanol–water partition coefficient (Wildman–Crippen LogP) is 13.4. The molecule has 10 heteroatoms. The third-order valence-corrected chi connectivity index (χ3v) is 11.3. The standard InChI is InChI=1S/C46H89NO8P/c1-7-10-12-14-16-18-20-22-24-26-28-30-32-34-36-38-45(48)51-42-44(43-54-56(50,52-9-3)53-41-40-47(4,5)6)55-46(49)39-37-35-33-31-29-27-25-23-21-19-17-15-13-11-8-2/h22-25,44H,7-21,26-43H2,1-6H3/q+1/b24-22+,25-23+. The molecule has 0 aliphatic heterocycles. The molecule has 0 fully saturated rings. The minimum Gasteiger partial charge on any atom is -0.462 e. The third-order valence-electron chi connectivity index (χ3n) is 9.73. The molecule has 0 aromatic carbocycles. The Morgan fingerprint density at radius 3 is 1.36 bits per heavy atom. The Labute approximate surface area is 345 Å². The van der Waals surface area contributed by atoms with Crippen LogP contribution in [0.5, 0.6) is 0 Å². The van der Waals surface area contributed by atoms with Crippen molar-refractivity contribution in [3.05, 3.63) is 24.3 Å². The first-order valence-corrected chi connectivity index (χ1v) is 24.5. The second-order valence-electron chi connectivity index (χ2n) is 16.5. The average Bonchev–Trinajstić information content (AvgIpc) is 3.15. The Hall–Kier alpha value is -1.51. The lowest BCUT2D eigenvalue weighted by Crippen LogP contribution is -2.37. The van der Waals surface area contributed by atoms with Crippen LogP contribution in [0.15, 0.2) is 24.3 Å². The van der Waals surface area contributed by atoms with Crippen LogP contribution in [-0.2, 0) is 37.2 Å². The highest BCUT2D eigenvalue weighted by molar-refractivity contribution is 7.48. The Bertz CT molecular complexity index is 1010. The first-order valence-electron chi connectivity index (χ1n) is 23.0. The predicted molar refractivity (Wildman–Crippen MR) is 234 cm³/mol. The van der Waals surface area contributed by atoms with Gasteiger partial charge in [0.1, 0.15) is 19.8 Å². The zero-order chi connectivity index (χ0) is 41.4. The van der Waals surface area contributed by atoms with Crippen LogP contribution >= 0.6 is 7.82 Å². The summed E-state index contributed by atoms with van der Waals surface area (Å²) in [6, 6.07) is 0. The maximum Gasteiger partial charge on any atom is 0.475 e. The molecule has 0 saturated carbocycles. The Morgan fingerprint density at radius 1 is 0.518 bits per heavy atom. The number of carbonyl (C=O) groups excluding carboxylic acids is 2. The number of hydrogen-bond acceptors (Lipinski definition) is 8. The molecule has 0 heterocycles. The number of allylic oxidation sites excluding steroid dienone is 4. The molecule has 0 N–H and O–H groups in total. The molecule has 2 atom stereocenters. The van der Waals surface area contributed by atoms with Gasteiger partial charge in [0.2, 0.25) is 0 Å². The van der Waals surface area contributed by atoms with Crippen LogP contribution in [0, 0.1) is 0 Å². The number of esters is 2. The first kappa shape index (κ1) is 54.5.